The van der Waals surface area contributed by atoms with Gasteiger partial charge in [0.1, 0.15) is 0 Å². The van der Waals surface area contributed by atoms with Crippen molar-refractivity contribution in [3.05, 3.63) is 35.9 Å². The Balaban J connectivity index is 0.00000320. The molecular formula is C24H42IN5. The number of nitrogens with zero attached hydrogens (tertiary/aromatic N) is 3. The van der Waals surface area contributed by atoms with E-state index in [-0.39, 0.29) is 24.0 Å². The lowest BCUT2D eigenvalue weighted by Crippen LogP contribution is -2.41. The summed E-state index contributed by atoms with van der Waals surface area (Å²) in [6, 6.07) is 10.8. The van der Waals surface area contributed by atoms with Crippen LogP contribution in [0.2, 0.25) is 0 Å². The topological polar surface area (TPSA) is 42.9 Å². The van der Waals surface area contributed by atoms with E-state index in [1.165, 1.54) is 70.5 Å². The van der Waals surface area contributed by atoms with Crippen molar-refractivity contribution >= 4 is 29.9 Å². The zero-order valence-electron chi connectivity index (χ0n) is 19.0. The van der Waals surface area contributed by atoms with E-state index in [2.05, 4.69) is 62.7 Å². The maximum absolute atomic E-state index is 4.41. The fourth-order valence-corrected chi connectivity index (χ4v) is 4.47. The Morgan fingerprint density at radius 3 is 2.47 bits per heavy atom. The van der Waals surface area contributed by atoms with Crippen LogP contribution < -0.4 is 10.6 Å². The van der Waals surface area contributed by atoms with Crippen molar-refractivity contribution in [3.63, 3.8) is 0 Å². The summed E-state index contributed by atoms with van der Waals surface area (Å²) >= 11 is 0. The molecule has 2 aliphatic rings. The molecule has 0 amide bonds. The van der Waals surface area contributed by atoms with E-state index >= 15 is 0 Å². The lowest BCUT2D eigenvalue weighted by atomic mass is 9.99. The Labute approximate surface area is 201 Å². The van der Waals surface area contributed by atoms with Gasteiger partial charge in [-0.1, -0.05) is 37.3 Å². The van der Waals surface area contributed by atoms with Crippen molar-refractivity contribution in [2.75, 3.05) is 59.4 Å². The second kappa shape index (κ2) is 14.2. The number of likely N-dealkylation sites (tertiary alicyclic amines) is 2. The highest BCUT2D eigenvalue weighted by atomic mass is 127. The second-order valence-corrected chi connectivity index (χ2v) is 8.95. The molecule has 0 saturated carbocycles. The van der Waals surface area contributed by atoms with Crippen LogP contribution in [-0.2, 0) is 6.42 Å². The van der Waals surface area contributed by atoms with E-state index in [4.69, 9.17) is 0 Å². The molecule has 0 radical (unpaired) electrons. The standard InChI is InChI=1S/C24H41N5.HI/c1-21-9-15-28(16-10-21)14-6-13-26-24(25-2)27-19-23-12-18-29(20-23)17-11-22-7-4-3-5-8-22;/h3-5,7-8,21,23H,6,9-20H2,1-2H3,(H2,25,26,27);1H. The molecule has 0 aliphatic carbocycles. The van der Waals surface area contributed by atoms with Gasteiger partial charge >= 0.3 is 0 Å². The first kappa shape index (κ1) is 25.4. The number of aliphatic imine (C=N–C) groups is 1. The van der Waals surface area contributed by atoms with Crippen LogP contribution in [0, 0.1) is 11.8 Å². The summed E-state index contributed by atoms with van der Waals surface area (Å²) in [6.07, 6.45) is 6.35. The number of halogens is 1. The molecule has 1 unspecified atom stereocenters. The van der Waals surface area contributed by atoms with Crippen LogP contribution in [-0.4, -0.2) is 75.2 Å². The van der Waals surface area contributed by atoms with Crippen molar-refractivity contribution in [3.8, 4) is 0 Å². The van der Waals surface area contributed by atoms with Gasteiger partial charge < -0.3 is 20.4 Å². The zero-order valence-corrected chi connectivity index (χ0v) is 21.3. The lowest BCUT2D eigenvalue weighted by Gasteiger charge is -2.30. The monoisotopic (exact) mass is 527 g/mol. The quantitative estimate of drug-likeness (QED) is 0.224. The molecule has 2 aliphatic heterocycles. The predicted octanol–water partition coefficient (Wildman–Crippen LogP) is 3.46. The summed E-state index contributed by atoms with van der Waals surface area (Å²) in [7, 11) is 1.88. The van der Waals surface area contributed by atoms with Gasteiger partial charge in [0.2, 0.25) is 0 Å². The molecule has 0 spiro atoms. The lowest BCUT2D eigenvalue weighted by molar-refractivity contribution is 0.191. The molecule has 3 rings (SSSR count). The van der Waals surface area contributed by atoms with Crippen LogP contribution in [0.4, 0.5) is 0 Å². The van der Waals surface area contributed by atoms with Crippen LogP contribution in [0.15, 0.2) is 35.3 Å². The summed E-state index contributed by atoms with van der Waals surface area (Å²) in [5.74, 6) is 2.59. The van der Waals surface area contributed by atoms with Gasteiger partial charge in [-0.2, -0.15) is 0 Å². The average molecular weight is 528 g/mol. The van der Waals surface area contributed by atoms with Crippen molar-refractivity contribution in [2.45, 2.75) is 39.0 Å². The highest BCUT2D eigenvalue weighted by molar-refractivity contribution is 14.0. The molecule has 1 aromatic rings. The molecular weight excluding hydrogens is 485 g/mol. The van der Waals surface area contributed by atoms with Crippen molar-refractivity contribution in [1.82, 2.24) is 20.4 Å². The molecule has 0 aromatic heterocycles. The number of hydrogen-bond acceptors (Lipinski definition) is 3. The second-order valence-electron chi connectivity index (χ2n) is 8.95. The number of rotatable bonds is 9. The van der Waals surface area contributed by atoms with Gasteiger partial charge in [0.05, 0.1) is 0 Å². The number of piperidine rings is 1. The van der Waals surface area contributed by atoms with Gasteiger partial charge in [0, 0.05) is 33.2 Å². The highest BCUT2D eigenvalue weighted by Gasteiger charge is 2.22. The van der Waals surface area contributed by atoms with E-state index < -0.39 is 0 Å². The highest BCUT2D eigenvalue weighted by Crippen LogP contribution is 2.16. The Morgan fingerprint density at radius 1 is 1.00 bits per heavy atom. The molecule has 0 bridgehead atoms. The molecule has 30 heavy (non-hydrogen) atoms. The minimum Gasteiger partial charge on any atom is -0.356 e. The van der Waals surface area contributed by atoms with Gasteiger partial charge in [0.25, 0.3) is 0 Å². The average Bonchev–Trinajstić information content (AvgIpc) is 3.22. The van der Waals surface area contributed by atoms with Gasteiger partial charge in [-0.25, -0.2) is 0 Å². The first-order valence-corrected chi connectivity index (χ1v) is 11.7. The molecule has 170 valence electrons. The van der Waals surface area contributed by atoms with Crippen LogP contribution >= 0.6 is 24.0 Å². The summed E-state index contributed by atoms with van der Waals surface area (Å²) in [5, 5.41) is 7.05. The fourth-order valence-electron chi connectivity index (χ4n) is 4.47. The molecule has 1 aromatic carbocycles. The molecule has 2 heterocycles. The van der Waals surface area contributed by atoms with E-state index in [1.807, 2.05) is 7.05 Å². The van der Waals surface area contributed by atoms with Gasteiger partial charge in [-0.3, -0.25) is 4.99 Å². The Morgan fingerprint density at radius 2 is 1.73 bits per heavy atom. The minimum atomic E-state index is 0. The predicted molar refractivity (Wildman–Crippen MR) is 139 cm³/mol. The SMILES string of the molecule is CN=C(NCCCN1CCC(C)CC1)NCC1CCN(CCc2ccccc2)C1.I. The van der Waals surface area contributed by atoms with E-state index in [1.54, 1.807) is 0 Å². The maximum atomic E-state index is 4.41. The smallest absolute Gasteiger partial charge is 0.190 e. The number of guanidine groups is 1. The van der Waals surface area contributed by atoms with Crippen LogP contribution in [0.3, 0.4) is 0 Å². The molecule has 2 saturated heterocycles. The van der Waals surface area contributed by atoms with Gasteiger partial charge in [0.15, 0.2) is 5.96 Å². The third kappa shape index (κ3) is 9.10. The normalized spacial score (nSPS) is 21.4. The van der Waals surface area contributed by atoms with E-state index in [0.29, 0.717) is 0 Å². The number of hydrogen-bond donors (Lipinski definition) is 2. The van der Waals surface area contributed by atoms with Crippen molar-refractivity contribution in [1.29, 1.82) is 0 Å². The molecule has 2 fully saturated rings. The molecule has 1 atom stereocenters. The minimum absolute atomic E-state index is 0. The first-order valence-electron chi connectivity index (χ1n) is 11.7. The third-order valence-electron chi connectivity index (χ3n) is 6.53. The first-order chi connectivity index (χ1) is 14.2. The Hall–Kier alpha value is -0.860. The largest absolute Gasteiger partial charge is 0.356 e. The van der Waals surface area contributed by atoms with Crippen LogP contribution in [0.25, 0.3) is 0 Å². The fraction of sp³-hybridized carbons (Fsp3) is 0.708. The Bertz CT molecular complexity index is 601. The summed E-state index contributed by atoms with van der Waals surface area (Å²) in [6.45, 7) is 11.7. The number of benzene rings is 1. The van der Waals surface area contributed by atoms with Crippen molar-refractivity contribution < 1.29 is 0 Å². The molecule has 2 N–H and O–H groups in total. The van der Waals surface area contributed by atoms with Gasteiger partial charge in [-0.05, 0) is 75.7 Å². The van der Waals surface area contributed by atoms with E-state index in [9.17, 15) is 0 Å². The summed E-state index contributed by atoms with van der Waals surface area (Å²) < 4.78 is 0. The molecule has 6 heteroatoms. The van der Waals surface area contributed by atoms with Crippen LogP contribution in [0.5, 0.6) is 0 Å². The molecule has 5 nitrogen and oxygen atoms in total. The summed E-state index contributed by atoms with van der Waals surface area (Å²) in [4.78, 5) is 9.62. The van der Waals surface area contributed by atoms with E-state index in [0.717, 1.165) is 37.3 Å². The van der Waals surface area contributed by atoms with Crippen molar-refractivity contribution in [2.24, 2.45) is 16.8 Å². The third-order valence-corrected chi connectivity index (χ3v) is 6.53. The number of nitrogens with one attached hydrogen (secondary N) is 2. The van der Waals surface area contributed by atoms with Crippen LogP contribution in [0.1, 0.15) is 38.2 Å². The zero-order chi connectivity index (χ0) is 20.3. The Kier molecular flexibility index (Phi) is 12.1. The maximum Gasteiger partial charge on any atom is 0.190 e. The van der Waals surface area contributed by atoms with Gasteiger partial charge in [-0.15, -0.1) is 24.0 Å². The summed E-state index contributed by atoms with van der Waals surface area (Å²) in [5.41, 5.74) is 1.44.